The van der Waals surface area contributed by atoms with Gasteiger partial charge in [-0.25, -0.2) is 9.78 Å². The minimum Gasteiger partial charge on any atom is -0.379 e. The molecular formula is C16H26N4O2. The standard InChI is InChI=1S/C16H26N4O2/c1-22-14-8-3-2-6-12(14)19-16(21)20-11-5-4-7-13(20)15-17-9-10-18-15/h9-10,12-14H,2-8,11H2,1H3,(H,17,18)(H,19,21)/t12-,13-,14+/m0/s1. The van der Waals surface area contributed by atoms with Gasteiger partial charge in [-0.05, 0) is 32.1 Å². The van der Waals surface area contributed by atoms with Gasteiger partial charge in [0.1, 0.15) is 5.82 Å². The predicted molar refractivity (Wildman–Crippen MR) is 83.5 cm³/mol. The van der Waals surface area contributed by atoms with Crippen molar-refractivity contribution >= 4 is 6.03 Å². The fourth-order valence-electron chi connectivity index (χ4n) is 3.70. The molecule has 1 aromatic heterocycles. The summed E-state index contributed by atoms with van der Waals surface area (Å²) >= 11 is 0. The average Bonchev–Trinajstić information content (AvgIpc) is 3.09. The van der Waals surface area contributed by atoms with Crippen molar-refractivity contribution in [1.82, 2.24) is 20.2 Å². The van der Waals surface area contributed by atoms with Crippen molar-refractivity contribution in [3.05, 3.63) is 18.2 Å². The van der Waals surface area contributed by atoms with Crippen LogP contribution in [0.5, 0.6) is 0 Å². The number of imidazole rings is 1. The summed E-state index contributed by atoms with van der Waals surface area (Å²) in [4.78, 5) is 22.2. The van der Waals surface area contributed by atoms with E-state index < -0.39 is 0 Å². The van der Waals surface area contributed by atoms with Crippen LogP contribution < -0.4 is 5.32 Å². The van der Waals surface area contributed by atoms with Crippen molar-refractivity contribution in [2.75, 3.05) is 13.7 Å². The molecular weight excluding hydrogens is 280 g/mol. The zero-order valence-corrected chi connectivity index (χ0v) is 13.3. The molecule has 1 aliphatic carbocycles. The van der Waals surface area contributed by atoms with E-state index in [-0.39, 0.29) is 24.2 Å². The first kappa shape index (κ1) is 15.3. The number of nitrogens with zero attached hydrogens (tertiary/aromatic N) is 2. The quantitative estimate of drug-likeness (QED) is 0.902. The summed E-state index contributed by atoms with van der Waals surface area (Å²) in [6, 6.07) is 0.216. The Balaban J connectivity index is 1.66. The van der Waals surface area contributed by atoms with Crippen molar-refractivity contribution in [1.29, 1.82) is 0 Å². The van der Waals surface area contributed by atoms with E-state index in [1.807, 2.05) is 11.1 Å². The van der Waals surface area contributed by atoms with Crippen molar-refractivity contribution in [2.24, 2.45) is 0 Å². The minimum atomic E-state index is 0.0232. The molecule has 1 aliphatic heterocycles. The van der Waals surface area contributed by atoms with Crippen LogP contribution in [-0.2, 0) is 4.74 Å². The van der Waals surface area contributed by atoms with E-state index in [1.165, 1.54) is 6.42 Å². The highest BCUT2D eigenvalue weighted by Gasteiger charge is 2.33. The predicted octanol–water partition coefficient (Wildman–Crippen LogP) is 2.60. The first-order valence-electron chi connectivity index (χ1n) is 8.39. The number of carbonyl (C=O) groups is 1. The molecule has 2 aliphatic rings. The number of carbonyl (C=O) groups excluding carboxylic acids is 1. The zero-order chi connectivity index (χ0) is 15.4. The molecule has 1 saturated carbocycles. The maximum atomic E-state index is 12.8. The Bertz CT molecular complexity index is 477. The maximum absolute atomic E-state index is 12.8. The SMILES string of the molecule is CO[C@@H]1CCCC[C@@H]1NC(=O)N1CCCC[C@H]1c1ncc[nH]1. The van der Waals surface area contributed by atoms with Crippen LogP contribution in [0.3, 0.4) is 0 Å². The molecule has 122 valence electrons. The third-order valence-electron chi connectivity index (χ3n) is 4.91. The van der Waals surface area contributed by atoms with Crippen molar-refractivity contribution in [3.63, 3.8) is 0 Å². The van der Waals surface area contributed by atoms with Gasteiger partial charge in [0.2, 0.25) is 0 Å². The third kappa shape index (κ3) is 3.27. The summed E-state index contributed by atoms with van der Waals surface area (Å²) in [6.07, 6.45) is 11.3. The van der Waals surface area contributed by atoms with Gasteiger partial charge in [-0.1, -0.05) is 12.8 Å². The van der Waals surface area contributed by atoms with Crippen LogP contribution in [0.4, 0.5) is 4.79 Å². The summed E-state index contributed by atoms with van der Waals surface area (Å²) in [5.74, 6) is 0.891. The minimum absolute atomic E-state index is 0.0232. The molecule has 3 atom stereocenters. The number of ether oxygens (including phenoxy) is 1. The first-order valence-corrected chi connectivity index (χ1v) is 8.39. The number of urea groups is 1. The van der Waals surface area contributed by atoms with Crippen LogP contribution in [-0.4, -0.2) is 46.7 Å². The number of piperidine rings is 1. The third-order valence-corrected chi connectivity index (χ3v) is 4.91. The molecule has 2 amide bonds. The van der Waals surface area contributed by atoms with Gasteiger partial charge in [0.25, 0.3) is 0 Å². The van der Waals surface area contributed by atoms with E-state index in [0.717, 1.165) is 50.9 Å². The number of rotatable bonds is 3. The van der Waals surface area contributed by atoms with Crippen LogP contribution in [0.25, 0.3) is 0 Å². The number of aromatic amines is 1. The topological polar surface area (TPSA) is 70.2 Å². The van der Waals surface area contributed by atoms with Gasteiger partial charge in [-0.3, -0.25) is 0 Å². The maximum Gasteiger partial charge on any atom is 0.318 e. The van der Waals surface area contributed by atoms with Crippen LogP contribution in [0.2, 0.25) is 0 Å². The molecule has 3 rings (SSSR count). The highest BCUT2D eigenvalue weighted by Crippen LogP contribution is 2.29. The van der Waals surface area contributed by atoms with E-state index in [9.17, 15) is 4.79 Å². The smallest absolute Gasteiger partial charge is 0.318 e. The van der Waals surface area contributed by atoms with E-state index >= 15 is 0 Å². The van der Waals surface area contributed by atoms with Gasteiger partial charge in [0.15, 0.2) is 0 Å². The highest BCUT2D eigenvalue weighted by molar-refractivity contribution is 5.75. The van der Waals surface area contributed by atoms with Gasteiger partial charge in [0.05, 0.1) is 18.2 Å². The Morgan fingerprint density at radius 3 is 2.91 bits per heavy atom. The number of hydrogen-bond donors (Lipinski definition) is 2. The molecule has 1 aromatic rings. The lowest BCUT2D eigenvalue weighted by Crippen LogP contribution is -2.52. The number of aromatic nitrogens is 2. The average molecular weight is 306 g/mol. The second-order valence-corrected chi connectivity index (χ2v) is 6.29. The van der Waals surface area contributed by atoms with E-state index in [1.54, 1.807) is 13.3 Å². The van der Waals surface area contributed by atoms with Gasteiger partial charge in [-0.2, -0.15) is 0 Å². The molecule has 0 radical (unpaired) electrons. The second-order valence-electron chi connectivity index (χ2n) is 6.29. The summed E-state index contributed by atoms with van der Waals surface area (Å²) in [7, 11) is 1.74. The summed E-state index contributed by atoms with van der Waals surface area (Å²) in [5.41, 5.74) is 0. The monoisotopic (exact) mass is 306 g/mol. The first-order chi connectivity index (χ1) is 10.8. The van der Waals surface area contributed by atoms with E-state index in [2.05, 4.69) is 15.3 Å². The number of hydrogen-bond acceptors (Lipinski definition) is 3. The van der Waals surface area contributed by atoms with Crippen molar-refractivity contribution in [2.45, 2.75) is 63.1 Å². The van der Waals surface area contributed by atoms with Gasteiger partial charge in [-0.15, -0.1) is 0 Å². The van der Waals surface area contributed by atoms with Gasteiger partial charge < -0.3 is 19.9 Å². The highest BCUT2D eigenvalue weighted by atomic mass is 16.5. The molecule has 22 heavy (non-hydrogen) atoms. The fraction of sp³-hybridized carbons (Fsp3) is 0.750. The molecule has 0 spiro atoms. The number of likely N-dealkylation sites (tertiary alicyclic amines) is 1. The summed E-state index contributed by atoms with van der Waals surface area (Å²) in [5, 5.41) is 3.20. The lowest BCUT2D eigenvalue weighted by atomic mass is 9.92. The molecule has 2 fully saturated rings. The Labute approximate surface area is 131 Å². The molecule has 6 heteroatoms. The fourth-order valence-corrected chi connectivity index (χ4v) is 3.70. The number of amides is 2. The molecule has 0 aromatic carbocycles. The van der Waals surface area contributed by atoms with E-state index in [0.29, 0.717) is 0 Å². The lowest BCUT2D eigenvalue weighted by molar-refractivity contribution is 0.0410. The molecule has 2 N–H and O–H groups in total. The second kappa shape index (κ2) is 7.13. The van der Waals surface area contributed by atoms with Crippen LogP contribution in [0, 0.1) is 0 Å². The number of methoxy groups -OCH3 is 1. The Morgan fingerprint density at radius 2 is 2.14 bits per heavy atom. The number of H-pyrrole nitrogens is 1. The van der Waals surface area contributed by atoms with E-state index in [4.69, 9.17) is 4.74 Å². The Kier molecular flexibility index (Phi) is 4.97. The van der Waals surface area contributed by atoms with Crippen molar-refractivity contribution < 1.29 is 9.53 Å². The van der Waals surface area contributed by atoms with Crippen molar-refractivity contribution in [3.8, 4) is 0 Å². The molecule has 0 unspecified atom stereocenters. The van der Waals surface area contributed by atoms with Gasteiger partial charge >= 0.3 is 6.03 Å². The summed E-state index contributed by atoms with van der Waals surface area (Å²) < 4.78 is 5.54. The largest absolute Gasteiger partial charge is 0.379 e. The molecule has 1 saturated heterocycles. The van der Waals surface area contributed by atoms with Crippen LogP contribution in [0.15, 0.2) is 12.4 Å². The molecule has 0 bridgehead atoms. The Morgan fingerprint density at radius 1 is 1.32 bits per heavy atom. The zero-order valence-electron chi connectivity index (χ0n) is 13.3. The number of nitrogens with one attached hydrogen (secondary N) is 2. The Hall–Kier alpha value is -1.56. The lowest BCUT2D eigenvalue weighted by Gasteiger charge is -2.37. The summed E-state index contributed by atoms with van der Waals surface area (Å²) in [6.45, 7) is 0.793. The molecule has 6 nitrogen and oxygen atoms in total. The van der Waals surface area contributed by atoms with Gasteiger partial charge in [0, 0.05) is 26.0 Å². The molecule has 2 heterocycles. The normalized spacial score (nSPS) is 29.3. The van der Waals surface area contributed by atoms with Crippen LogP contribution >= 0.6 is 0 Å². The van der Waals surface area contributed by atoms with Crippen LogP contribution in [0.1, 0.15) is 56.8 Å².